The fraction of sp³-hybridized carbons (Fsp3) is 0.364. The van der Waals surface area contributed by atoms with Gasteiger partial charge in [-0.1, -0.05) is 6.58 Å². The summed E-state index contributed by atoms with van der Waals surface area (Å²) in [5.74, 6) is -2.20. The molecule has 4 N–H and O–H groups in total. The van der Waals surface area contributed by atoms with E-state index in [2.05, 4.69) is 11.6 Å². The summed E-state index contributed by atoms with van der Waals surface area (Å²) in [6, 6.07) is 6.89. The Labute approximate surface area is 198 Å². The molecule has 1 aliphatic heterocycles. The van der Waals surface area contributed by atoms with Crippen molar-refractivity contribution in [3.05, 3.63) is 46.5 Å². The van der Waals surface area contributed by atoms with Gasteiger partial charge in [0.15, 0.2) is 6.10 Å². The SMILES string of the molecule is C=C(C)COc1ccc(-c2nc(C)c(C(=O)OC3OC(C(=O)O)C(O)C(O)C3O)s2)cc1C#N. The number of esters is 1. The lowest BCUT2D eigenvalue weighted by molar-refractivity contribution is -0.278. The number of hydrogen-bond acceptors (Lipinski definition) is 11. The number of carboxylic acid groups (broad SMARTS) is 1. The molecular weight excluding hydrogens is 468 g/mol. The number of aromatic nitrogens is 1. The lowest BCUT2D eigenvalue weighted by atomic mass is 9.99. The van der Waals surface area contributed by atoms with Crippen molar-refractivity contribution in [1.29, 1.82) is 5.26 Å². The summed E-state index contributed by atoms with van der Waals surface area (Å²) in [5, 5.41) is 48.6. The summed E-state index contributed by atoms with van der Waals surface area (Å²) in [6.07, 6.45) is -9.40. The fourth-order valence-corrected chi connectivity index (χ4v) is 4.04. The Kier molecular flexibility index (Phi) is 7.65. The van der Waals surface area contributed by atoms with Gasteiger partial charge in [-0.05, 0) is 37.6 Å². The second-order valence-corrected chi connectivity index (χ2v) is 8.64. The molecule has 0 spiro atoms. The van der Waals surface area contributed by atoms with Crippen LogP contribution < -0.4 is 4.74 Å². The largest absolute Gasteiger partial charge is 0.488 e. The number of aliphatic carboxylic acids is 1. The van der Waals surface area contributed by atoms with Gasteiger partial charge in [0.1, 0.15) is 46.6 Å². The van der Waals surface area contributed by atoms with Gasteiger partial charge in [-0.3, -0.25) is 0 Å². The van der Waals surface area contributed by atoms with Crippen LogP contribution in [0, 0.1) is 18.3 Å². The van der Waals surface area contributed by atoms with E-state index in [1.54, 1.807) is 32.0 Å². The van der Waals surface area contributed by atoms with Gasteiger partial charge in [-0.2, -0.15) is 5.26 Å². The first-order valence-electron chi connectivity index (χ1n) is 9.96. The first-order chi connectivity index (χ1) is 16.0. The van der Waals surface area contributed by atoms with Gasteiger partial charge >= 0.3 is 11.9 Å². The highest BCUT2D eigenvalue weighted by Gasteiger charge is 2.48. The van der Waals surface area contributed by atoms with E-state index in [0.29, 0.717) is 16.3 Å². The summed E-state index contributed by atoms with van der Waals surface area (Å²) in [7, 11) is 0. The van der Waals surface area contributed by atoms with Crippen LogP contribution in [0.1, 0.15) is 27.9 Å². The van der Waals surface area contributed by atoms with Crippen LogP contribution in [0.4, 0.5) is 0 Å². The van der Waals surface area contributed by atoms with Gasteiger partial charge in [0.25, 0.3) is 0 Å². The van der Waals surface area contributed by atoms with Crippen LogP contribution >= 0.6 is 11.3 Å². The van der Waals surface area contributed by atoms with E-state index in [0.717, 1.165) is 16.9 Å². The number of benzene rings is 1. The monoisotopic (exact) mass is 490 g/mol. The maximum atomic E-state index is 12.7. The molecule has 1 aromatic carbocycles. The normalized spacial score (nSPS) is 24.2. The maximum absolute atomic E-state index is 12.7. The van der Waals surface area contributed by atoms with Crippen molar-refractivity contribution in [3.63, 3.8) is 0 Å². The molecule has 0 bridgehead atoms. The number of thiazole rings is 1. The molecule has 0 radical (unpaired) electrons. The number of hydrogen-bond donors (Lipinski definition) is 4. The molecule has 0 aliphatic carbocycles. The Morgan fingerprint density at radius 1 is 1.26 bits per heavy atom. The zero-order chi connectivity index (χ0) is 25.2. The summed E-state index contributed by atoms with van der Waals surface area (Å²) in [5.41, 5.74) is 1.88. The number of rotatable bonds is 7. The Morgan fingerprint density at radius 2 is 1.97 bits per heavy atom. The number of carbonyl (C=O) groups excluding carboxylic acids is 1. The zero-order valence-corrected chi connectivity index (χ0v) is 19.0. The lowest BCUT2D eigenvalue weighted by Gasteiger charge is -2.37. The average molecular weight is 490 g/mol. The number of carbonyl (C=O) groups is 2. The first kappa shape index (κ1) is 25.3. The Morgan fingerprint density at radius 3 is 2.59 bits per heavy atom. The number of nitrogens with zero attached hydrogens (tertiary/aromatic N) is 2. The molecule has 12 heteroatoms. The minimum absolute atomic E-state index is 0.0411. The predicted molar refractivity (Wildman–Crippen MR) is 117 cm³/mol. The Hall–Kier alpha value is -3.34. The van der Waals surface area contributed by atoms with Crippen molar-refractivity contribution in [2.24, 2.45) is 0 Å². The molecule has 11 nitrogen and oxygen atoms in total. The molecule has 3 rings (SSSR count). The van der Waals surface area contributed by atoms with E-state index in [-0.39, 0.29) is 22.7 Å². The van der Waals surface area contributed by atoms with Gasteiger partial charge in [-0.15, -0.1) is 11.3 Å². The minimum Gasteiger partial charge on any atom is -0.488 e. The predicted octanol–water partition coefficient (Wildman–Crippen LogP) is 0.994. The fourth-order valence-electron chi connectivity index (χ4n) is 3.09. The van der Waals surface area contributed by atoms with Crippen molar-refractivity contribution >= 4 is 23.3 Å². The van der Waals surface area contributed by atoms with Crippen LogP contribution in [-0.4, -0.2) is 74.7 Å². The molecule has 5 unspecified atom stereocenters. The molecule has 1 fully saturated rings. The summed E-state index contributed by atoms with van der Waals surface area (Å²) >= 11 is 0.947. The number of carboxylic acids is 1. The van der Waals surface area contributed by atoms with Gasteiger partial charge in [0.05, 0.1) is 11.3 Å². The highest BCUT2D eigenvalue weighted by Crippen LogP contribution is 2.32. The molecule has 34 heavy (non-hydrogen) atoms. The lowest BCUT2D eigenvalue weighted by Crippen LogP contribution is -2.60. The summed E-state index contributed by atoms with van der Waals surface area (Å²) in [6.45, 7) is 7.34. The second kappa shape index (κ2) is 10.3. The van der Waals surface area contributed by atoms with Crippen molar-refractivity contribution in [2.75, 3.05) is 6.61 Å². The molecule has 1 saturated heterocycles. The summed E-state index contributed by atoms with van der Waals surface area (Å²) in [4.78, 5) is 28.3. The van der Waals surface area contributed by atoms with Crippen LogP contribution in [0.25, 0.3) is 10.6 Å². The van der Waals surface area contributed by atoms with Crippen molar-refractivity contribution in [1.82, 2.24) is 4.98 Å². The summed E-state index contributed by atoms with van der Waals surface area (Å²) < 4.78 is 15.6. The molecule has 2 heterocycles. The number of aliphatic hydroxyl groups excluding tert-OH is 3. The molecular formula is C22H22N2O9S. The molecule has 0 amide bonds. The van der Waals surface area contributed by atoms with Gasteiger partial charge in [-0.25, -0.2) is 14.6 Å². The number of nitriles is 1. The van der Waals surface area contributed by atoms with E-state index < -0.39 is 42.6 Å². The third-order valence-corrected chi connectivity index (χ3v) is 6.03. The minimum atomic E-state index is -1.91. The van der Waals surface area contributed by atoms with Gasteiger partial charge in [0, 0.05) is 5.56 Å². The number of ether oxygens (including phenoxy) is 3. The standard InChI is InChI=1S/C22H22N2O9S/c1-9(2)8-31-13-5-4-11(6-12(13)7-23)19-24-10(3)18(34-19)21(30)33-22-16(27)14(25)15(26)17(32-22)20(28)29/h4-6,14-17,22,25-27H,1,8H2,2-3H3,(H,28,29). The van der Waals surface area contributed by atoms with Crippen LogP contribution in [0.2, 0.25) is 0 Å². The van der Waals surface area contributed by atoms with Gasteiger partial charge < -0.3 is 34.6 Å². The van der Waals surface area contributed by atoms with Crippen LogP contribution in [-0.2, 0) is 14.3 Å². The highest BCUT2D eigenvalue weighted by atomic mass is 32.1. The molecule has 0 saturated carbocycles. The number of aliphatic hydroxyl groups is 3. The average Bonchev–Trinajstić information content (AvgIpc) is 3.19. The molecule has 1 aromatic heterocycles. The van der Waals surface area contributed by atoms with E-state index in [1.807, 2.05) is 6.07 Å². The molecule has 5 atom stereocenters. The first-order valence-corrected chi connectivity index (χ1v) is 10.8. The van der Waals surface area contributed by atoms with Crippen LogP contribution in [0.5, 0.6) is 5.75 Å². The van der Waals surface area contributed by atoms with E-state index in [9.17, 15) is 30.2 Å². The van der Waals surface area contributed by atoms with Crippen molar-refractivity contribution in [3.8, 4) is 22.4 Å². The number of aryl methyl sites for hydroxylation is 1. The zero-order valence-electron chi connectivity index (χ0n) is 18.2. The third kappa shape index (κ3) is 5.24. The molecule has 180 valence electrons. The van der Waals surface area contributed by atoms with Crippen LogP contribution in [0.15, 0.2) is 30.4 Å². The Bertz CT molecular complexity index is 1160. The van der Waals surface area contributed by atoms with E-state index in [1.165, 1.54) is 0 Å². The third-order valence-electron chi connectivity index (χ3n) is 4.84. The van der Waals surface area contributed by atoms with E-state index in [4.69, 9.17) is 19.3 Å². The molecule has 2 aromatic rings. The Balaban J connectivity index is 1.81. The van der Waals surface area contributed by atoms with Gasteiger partial charge in [0.2, 0.25) is 6.29 Å². The topological polar surface area (TPSA) is 179 Å². The quantitative estimate of drug-likeness (QED) is 0.321. The smallest absolute Gasteiger partial charge is 0.352 e. The van der Waals surface area contributed by atoms with Crippen molar-refractivity contribution < 1.29 is 44.2 Å². The highest BCUT2D eigenvalue weighted by molar-refractivity contribution is 7.17. The van der Waals surface area contributed by atoms with Crippen LogP contribution in [0.3, 0.4) is 0 Å². The maximum Gasteiger partial charge on any atom is 0.352 e. The van der Waals surface area contributed by atoms with E-state index >= 15 is 0 Å². The molecule has 1 aliphatic rings. The second-order valence-electron chi connectivity index (χ2n) is 7.64. The van der Waals surface area contributed by atoms with Crippen molar-refractivity contribution in [2.45, 2.75) is 44.6 Å².